The van der Waals surface area contributed by atoms with Gasteiger partial charge in [0.25, 0.3) is 5.89 Å². The van der Waals surface area contributed by atoms with Gasteiger partial charge in [-0.15, -0.1) is 0 Å². The lowest BCUT2D eigenvalue weighted by molar-refractivity contribution is 0.175. The molecule has 1 atom stereocenters. The molecule has 1 unspecified atom stereocenters. The summed E-state index contributed by atoms with van der Waals surface area (Å²) in [6.45, 7) is 3.35. The second kappa shape index (κ2) is 4.48. The summed E-state index contributed by atoms with van der Waals surface area (Å²) in [5.41, 5.74) is 0. The molecule has 0 radical (unpaired) electrons. The molecule has 1 heterocycles. The van der Waals surface area contributed by atoms with Gasteiger partial charge in [0.05, 0.1) is 0 Å². The second-order valence-corrected chi connectivity index (χ2v) is 3.52. The molecular formula is C11H10F2N2O2. The van der Waals surface area contributed by atoms with Gasteiger partial charge in [0.1, 0.15) is 5.75 Å². The molecule has 0 spiro atoms. The van der Waals surface area contributed by atoms with Gasteiger partial charge < -0.3 is 9.26 Å². The Bertz CT molecular complexity index is 528. The van der Waals surface area contributed by atoms with Crippen LogP contribution < -0.4 is 4.74 Å². The number of rotatable bonds is 3. The van der Waals surface area contributed by atoms with Crippen LogP contribution in [-0.2, 0) is 0 Å². The highest BCUT2D eigenvalue weighted by Gasteiger charge is 2.15. The van der Waals surface area contributed by atoms with E-state index < -0.39 is 17.7 Å². The van der Waals surface area contributed by atoms with E-state index in [4.69, 9.17) is 9.26 Å². The number of halogens is 2. The summed E-state index contributed by atoms with van der Waals surface area (Å²) < 4.78 is 35.9. The minimum atomic E-state index is -0.962. The molecule has 2 rings (SSSR count). The van der Waals surface area contributed by atoms with Gasteiger partial charge in [-0.1, -0.05) is 5.16 Å². The van der Waals surface area contributed by atoms with E-state index in [0.717, 1.165) is 12.1 Å². The molecule has 90 valence electrons. The maximum absolute atomic E-state index is 12.9. The van der Waals surface area contributed by atoms with Crippen LogP contribution in [0.1, 0.15) is 24.7 Å². The highest BCUT2D eigenvalue weighted by molar-refractivity contribution is 5.24. The molecule has 0 aliphatic rings. The molecule has 0 aliphatic carbocycles. The monoisotopic (exact) mass is 240 g/mol. The van der Waals surface area contributed by atoms with Crippen molar-refractivity contribution < 1.29 is 18.0 Å². The SMILES string of the molecule is Cc1noc(C(C)Oc2ccc(F)c(F)c2)n1. The summed E-state index contributed by atoms with van der Waals surface area (Å²) in [4.78, 5) is 3.98. The third kappa shape index (κ3) is 2.58. The fraction of sp³-hybridized carbons (Fsp3) is 0.273. The smallest absolute Gasteiger partial charge is 0.267 e. The minimum Gasteiger partial charge on any atom is -0.481 e. The fourth-order valence-electron chi connectivity index (χ4n) is 1.28. The summed E-state index contributed by atoms with van der Waals surface area (Å²) in [5.74, 6) is -0.907. The lowest BCUT2D eigenvalue weighted by atomic mass is 10.3. The Balaban J connectivity index is 2.12. The van der Waals surface area contributed by atoms with Gasteiger partial charge in [-0.25, -0.2) is 8.78 Å². The second-order valence-electron chi connectivity index (χ2n) is 3.52. The summed E-state index contributed by atoms with van der Waals surface area (Å²) in [5, 5.41) is 3.61. The number of benzene rings is 1. The van der Waals surface area contributed by atoms with Crippen molar-refractivity contribution in [2.45, 2.75) is 20.0 Å². The Labute approximate surface area is 96.2 Å². The van der Waals surface area contributed by atoms with Crippen LogP contribution >= 0.6 is 0 Å². The molecule has 4 nitrogen and oxygen atoms in total. The van der Waals surface area contributed by atoms with Crippen molar-refractivity contribution in [3.05, 3.63) is 41.5 Å². The topological polar surface area (TPSA) is 48.2 Å². The van der Waals surface area contributed by atoms with Gasteiger partial charge in [-0.2, -0.15) is 4.98 Å². The predicted octanol–water partition coefficient (Wildman–Crippen LogP) is 2.80. The Hall–Kier alpha value is -1.98. The average molecular weight is 240 g/mol. The number of nitrogens with zero attached hydrogens (tertiary/aromatic N) is 2. The third-order valence-electron chi connectivity index (χ3n) is 2.09. The Kier molecular flexibility index (Phi) is 3.03. The molecule has 0 amide bonds. The number of ether oxygens (including phenoxy) is 1. The summed E-state index contributed by atoms with van der Waals surface area (Å²) in [6.07, 6.45) is -0.527. The van der Waals surface area contributed by atoms with E-state index in [-0.39, 0.29) is 11.6 Å². The molecule has 1 aromatic heterocycles. The molecule has 6 heteroatoms. The normalized spacial score (nSPS) is 12.5. The van der Waals surface area contributed by atoms with E-state index in [1.807, 2.05) is 0 Å². The van der Waals surface area contributed by atoms with Crippen LogP contribution in [0, 0.1) is 18.6 Å². The molecule has 0 aliphatic heterocycles. The highest BCUT2D eigenvalue weighted by atomic mass is 19.2. The first kappa shape index (κ1) is 11.5. The Morgan fingerprint density at radius 3 is 2.65 bits per heavy atom. The van der Waals surface area contributed by atoms with Gasteiger partial charge in [0.2, 0.25) is 0 Å². The summed E-state index contributed by atoms with van der Waals surface area (Å²) in [7, 11) is 0. The number of hydrogen-bond donors (Lipinski definition) is 0. The van der Waals surface area contributed by atoms with Gasteiger partial charge in [0, 0.05) is 6.07 Å². The van der Waals surface area contributed by atoms with Gasteiger partial charge in [-0.05, 0) is 26.0 Å². The zero-order valence-electron chi connectivity index (χ0n) is 9.28. The molecule has 2 aromatic rings. The van der Waals surface area contributed by atoms with Crippen molar-refractivity contribution in [2.75, 3.05) is 0 Å². The lowest BCUT2D eigenvalue weighted by Crippen LogP contribution is -2.04. The average Bonchev–Trinajstić information content (AvgIpc) is 2.70. The van der Waals surface area contributed by atoms with E-state index in [1.54, 1.807) is 13.8 Å². The standard InChI is InChI=1S/C11H10F2N2O2/c1-6(11-14-7(2)15-17-11)16-8-3-4-9(12)10(13)5-8/h3-6H,1-2H3. The quantitative estimate of drug-likeness (QED) is 0.827. The van der Waals surface area contributed by atoms with Gasteiger partial charge in [-0.3, -0.25) is 0 Å². The first-order valence-corrected chi connectivity index (χ1v) is 4.98. The van der Waals surface area contributed by atoms with Gasteiger partial charge >= 0.3 is 0 Å². The van der Waals surface area contributed by atoms with Crippen molar-refractivity contribution in [3.63, 3.8) is 0 Å². The molecule has 0 N–H and O–H groups in total. The molecule has 0 fully saturated rings. The maximum Gasteiger partial charge on any atom is 0.267 e. The number of hydrogen-bond acceptors (Lipinski definition) is 4. The fourth-order valence-corrected chi connectivity index (χ4v) is 1.28. The third-order valence-corrected chi connectivity index (χ3v) is 2.09. The maximum atomic E-state index is 12.9. The first-order valence-electron chi connectivity index (χ1n) is 4.98. The largest absolute Gasteiger partial charge is 0.481 e. The summed E-state index contributed by atoms with van der Waals surface area (Å²) >= 11 is 0. The van der Waals surface area contributed by atoms with Crippen LogP contribution in [0.4, 0.5) is 8.78 Å². The van der Waals surface area contributed by atoms with E-state index in [0.29, 0.717) is 5.82 Å². The van der Waals surface area contributed by atoms with Crippen LogP contribution in [0.25, 0.3) is 0 Å². The van der Waals surface area contributed by atoms with Crippen molar-refractivity contribution in [1.82, 2.24) is 10.1 Å². The van der Waals surface area contributed by atoms with Crippen LogP contribution in [0.2, 0.25) is 0 Å². The number of aromatic nitrogens is 2. The highest BCUT2D eigenvalue weighted by Crippen LogP contribution is 2.22. The van der Waals surface area contributed by atoms with Crippen LogP contribution in [-0.4, -0.2) is 10.1 Å². The first-order chi connectivity index (χ1) is 8.06. The van der Waals surface area contributed by atoms with E-state index >= 15 is 0 Å². The van der Waals surface area contributed by atoms with Crippen molar-refractivity contribution in [1.29, 1.82) is 0 Å². The Morgan fingerprint density at radius 1 is 1.29 bits per heavy atom. The molecule has 1 aromatic carbocycles. The molecule has 17 heavy (non-hydrogen) atoms. The predicted molar refractivity (Wildman–Crippen MR) is 54.4 cm³/mol. The summed E-state index contributed by atoms with van der Waals surface area (Å²) in [6, 6.07) is 3.30. The van der Waals surface area contributed by atoms with Crippen molar-refractivity contribution >= 4 is 0 Å². The minimum absolute atomic E-state index is 0.201. The van der Waals surface area contributed by atoms with Crippen molar-refractivity contribution in [2.24, 2.45) is 0 Å². The number of aryl methyl sites for hydroxylation is 1. The van der Waals surface area contributed by atoms with Crippen molar-refractivity contribution in [3.8, 4) is 5.75 Å². The Morgan fingerprint density at radius 2 is 2.06 bits per heavy atom. The van der Waals surface area contributed by atoms with Gasteiger partial charge in [0.15, 0.2) is 23.6 Å². The van der Waals surface area contributed by atoms with E-state index in [1.165, 1.54) is 6.07 Å². The van der Waals surface area contributed by atoms with E-state index in [2.05, 4.69) is 10.1 Å². The molecule has 0 saturated heterocycles. The zero-order valence-corrected chi connectivity index (χ0v) is 9.28. The zero-order chi connectivity index (χ0) is 12.4. The molecule has 0 bridgehead atoms. The van der Waals surface area contributed by atoms with Crippen LogP contribution in [0.15, 0.2) is 22.7 Å². The van der Waals surface area contributed by atoms with Crippen LogP contribution in [0.3, 0.4) is 0 Å². The van der Waals surface area contributed by atoms with E-state index in [9.17, 15) is 8.78 Å². The van der Waals surface area contributed by atoms with Crippen LogP contribution in [0.5, 0.6) is 5.75 Å². The molecular weight excluding hydrogens is 230 g/mol. The lowest BCUT2D eigenvalue weighted by Gasteiger charge is -2.10. The molecule has 0 saturated carbocycles.